The summed E-state index contributed by atoms with van der Waals surface area (Å²) in [6, 6.07) is 6.06. The lowest BCUT2D eigenvalue weighted by atomic mass is 10.3. The smallest absolute Gasteiger partial charge is 0.139 e. The summed E-state index contributed by atoms with van der Waals surface area (Å²) >= 11 is 0. The van der Waals surface area contributed by atoms with Gasteiger partial charge in [0.1, 0.15) is 18.2 Å². The Morgan fingerprint density at radius 1 is 1.33 bits per heavy atom. The second kappa shape index (κ2) is 3.82. The molecule has 78 valence electrons. The number of aliphatic hydroxyl groups excluding tert-OH is 1. The molecule has 0 unspecified atom stereocenters. The van der Waals surface area contributed by atoms with E-state index in [1.54, 1.807) is 22.9 Å². The largest absolute Gasteiger partial charge is 0.388 e. The van der Waals surface area contributed by atoms with Gasteiger partial charge >= 0.3 is 0 Å². The van der Waals surface area contributed by atoms with Crippen LogP contribution in [0.3, 0.4) is 0 Å². The summed E-state index contributed by atoms with van der Waals surface area (Å²) in [4.78, 5) is 4.15. The molecule has 1 N–H and O–H groups in total. The van der Waals surface area contributed by atoms with Gasteiger partial charge in [-0.3, -0.25) is 0 Å². The van der Waals surface area contributed by atoms with Crippen molar-refractivity contribution < 1.29 is 9.50 Å². The van der Waals surface area contributed by atoms with E-state index >= 15 is 0 Å². The molecular formula is C11H11FN2O. The van der Waals surface area contributed by atoms with Crippen LogP contribution in [0.5, 0.6) is 0 Å². The van der Waals surface area contributed by atoms with E-state index in [4.69, 9.17) is 5.11 Å². The van der Waals surface area contributed by atoms with Crippen LogP contribution in [0, 0.1) is 12.7 Å². The van der Waals surface area contributed by atoms with Gasteiger partial charge in [0.15, 0.2) is 0 Å². The first-order chi connectivity index (χ1) is 7.20. The maximum Gasteiger partial charge on any atom is 0.139 e. The SMILES string of the molecule is Cc1cn(-c2ccc(F)cc2)c(CO)n1. The number of imidazole rings is 1. The summed E-state index contributed by atoms with van der Waals surface area (Å²) in [6.45, 7) is 1.71. The van der Waals surface area contributed by atoms with Crippen molar-refractivity contribution in [1.82, 2.24) is 9.55 Å². The summed E-state index contributed by atoms with van der Waals surface area (Å²) in [5.41, 5.74) is 1.62. The maximum absolute atomic E-state index is 12.7. The molecule has 1 heterocycles. The molecule has 0 spiro atoms. The minimum absolute atomic E-state index is 0.134. The first-order valence-electron chi connectivity index (χ1n) is 4.62. The van der Waals surface area contributed by atoms with Gasteiger partial charge in [-0.1, -0.05) is 0 Å². The number of halogens is 1. The minimum atomic E-state index is -0.277. The molecule has 0 radical (unpaired) electrons. The Hall–Kier alpha value is -1.68. The third-order valence-corrected chi connectivity index (χ3v) is 2.15. The predicted octanol–water partition coefficient (Wildman–Crippen LogP) is 1.81. The first-order valence-corrected chi connectivity index (χ1v) is 4.62. The molecule has 0 saturated heterocycles. The number of benzene rings is 1. The van der Waals surface area contributed by atoms with Crippen molar-refractivity contribution in [2.24, 2.45) is 0 Å². The second-order valence-electron chi connectivity index (χ2n) is 3.30. The van der Waals surface area contributed by atoms with Gasteiger partial charge in [0.2, 0.25) is 0 Å². The topological polar surface area (TPSA) is 38.0 Å². The Balaban J connectivity index is 2.48. The number of hydrogen-bond acceptors (Lipinski definition) is 2. The van der Waals surface area contributed by atoms with Crippen molar-refractivity contribution in [1.29, 1.82) is 0 Å². The standard InChI is InChI=1S/C11H11FN2O/c1-8-6-14(11(7-15)13-8)10-4-2-9(12)3-5-10/h2-6,15H,7H2,1H3. The van der Waals surface area contributed by atoms with E-state index in [0.29, 0.717) is 5.82 Å². The highest BCUT2D eigenvalue weighted by Gasteiger charge is 2.05. The highest BCUT2D eigenvalue weighted by Crippen LogP contribution is 2.13. The molecule has 0 aliphatic carbocycles. The summed E-state index contributed by atoms with van der Waals surface area (Å²) in [5.74, 6) is 0.278. The lowest BCUT2D eigenvalue weighted by Crippen LogP contribution is -1.99. The third-order valence-electron chi connectivity index (χ3n) is 2.15. The van der Waals surface area contributed by atoms with Crippen molar-refractivity contribution >= 4 is 0 Å². The van der Waals surface area contributed by atoms with E-state index in [-0.39, 0.29) is 12.4 Å². The van der Waals surface area contributed by atoms with Gasteiger partial charge in [0.25, 0.3) is 0 Å². The van der Waals surface area contributed by atoms with E-state index in [9.17, 15) is 4.39 Å². The van der Waals surface area contributed by atoms with Crippen molar-refractivity contribution in [2.45, 2.75) is 13.5 Å². The molecule has 0 aliphatic rings. The van der Waals surface area contributed by atoms with E-state index in [1.165, 1.54) is 12.1 Å². The maximum atomic E-state index is 12.7. The Bertz CT molecular complexity index is 462. The molecular weight excluding hydrogens is 195 g/mol. The summed E-state index contributed by atoms with van der Waals surface area (Å²) in [6.07, 6.45) is 1.80. The van der Waals surface area contributed by atoms with Gasteiger partial charge in [0, 0.05) is 11.9 Å². The predicted molar refractivity (Wildman–Crippen MR) is 54.2 cm³/mol. The van der Waals surface area contributed by atoms with E-state index < -0.39 is 0 Å². The van der Waals surface area contributed by atoms with Gasteiger partial charge in [-0.2, -0.15) is 0 Å². The van der Waals surface area contributed by atoms with Crippen LogP contribution in [0.1, 0.15) is 11.5 Å². The van der Waals surface area contributed by atoms with Crippen molar-refractivity contribution in [3.63, 3.8) is 0 Å². The molecule has 0 fully saturated rings. The molecule has 0 aliphatic heterocycles. The first kappa shape index (κ1) is 9.86. The number of aliphatic hydroxyl groups is 1. The van der Waals surface area contributed by atoms with Crippen LogP contribution in [-0.2, 0) is 6.61 Å². The number of nitrogens with zero attached hydrogens (tertiary/aromatic N) is 2. The number of rotatable bonds is 2. The zero-order valence-electron chi connectivity index (χ0n) is 8.31. The van der Waals surface area contributed by atoms with Crippen LogP contribution in [0.4, 0.5) is 4.39 Å². The lowest BCUT2D eigenvalue weighted by Gasteiger charge is -2.05. The van der Waals surface area contributed by atoms with Gasteiger partial charge in [0.05, 0.1) is 5.69 Å². The summed E-state index contributed by atoms with van der Waals surface area (Å²) < 4.78 is 14.5. The molecule has 0 bridgehead atoms. The van der Waals surface area contributed by atoms with E-state index in [2.05, 4.69) is 4.98 Å². The van der Waals surface area contributed by atoms with Crippen LogP contribution in [-0.4, -0.2) is 14.7 Å². The Morgan fingerprint density at radius 3 is 2.60 bits per heavy atom. The monoisotopic (exact) mass is 206 g/mol. The van der Waals surface area contributed by atoms with E-state index in [1.807, 2.05) is 6.92 Å². The third kappa shape index (κ3) is 1.89. The highest BCUT2D eigenvalue weighted by atomic mass is 19.1. The van der Waals surface area contributed by atoms with Gasteiger partial charge in [-0.05, 0) is 31.2 Å². The van der Waals surface area contributed by atoms with Gasteiger partial charge in [-0.25, -0.2) is 9.37 Å². The van der Waals surface area contributed by atoms with Crippen LogP contribution in [0.15, 0.2) is 30.5 Å². The molecule has 3 nitrogen and oxygen atoms in total. The van der Waals surface area contributed by atoms with Gasteiger partial charge in [-0.15, -0.1) is 0 Å². The fourth-order valence-electron chi connectivity index (χ4n) is 1.48. The fraction of sp³-hybridized carbons (Fsp3) is 0.182. The molecule has 2 aromatic rings. The lowest BCUT2D eigenvalue weighted by molar-refractivity contribution is 0.269. The summed E-state index contributed by atoms with van der Waals surface area (Å²) in [5, 5.41) is 9.09. The van der Waals surface area contributed by atoms with E-state index in [0.717, 1.165) is 11.4 Å². The fourth-order valence-corrected chi connectivity index (χ4v) is 1.48. The summed E-state index contributed by atoms with van der Waals surface area (Å²) in [7, 11) is 0. The Morgan fingerprint density at radius 2 is 2.00 bits per heavy atom. The highest BCUT2D eigenvalue weighted by molar-refractivity contribution is 5.34. The van der Waals surface area contributed by atoms with Crippen LogP contribution < -0.4 is 0 Å². The van der Waals surface area contributed by atoms with Gasteiger partial charge < -0.3 is 9.67 Å². The van der Waals surface area contributed by atoms with Crippen LogP contribution in [0.2, 0.25) is 0 Å². The minimum Gasteiger partial charge on any atom is -0.388 e. The van der Waals surface area contributed by atoms with Crippen molar-refractivity contribution in [3.8, 4) is 5.69 Å². The normalized spacial score (nSPS) is 10.6. The molecule has 1 aromatic heterocycles. The molecule has 1 aromatic carbocycles. The average molecular weight is 206 g/mol. The molecule has 0 saturated carbocycles. The Labute approximate surface area is 86.8 Å². The quantitative estimate of drug-likeness (QED) is 0.813. The number of aromatic nitrogens is 2. The molecule has 2 rings (SSSR count). The van der Waals surface area contributed by atoms with Crippen LogP contribution >= 0.6 is 0 Å². The molecule has 0 amide bonds. The zero-order chi connectivity index (χ0) is 10.8. The molecule has 4 heteroatoms. The molecule has 0 atom stereocenters. The molecule has 15 heavy (non-hydrogen) atoms. The average Bonchev–Trinajstić information content (AvgIpc) is 2.61. The van der Waals surface area contributed by atoms with Crippen LogP contribution in [0.25, 0.3) is 5.69 Å². The zero-order valence-corrected chi connectivity index (χ0v) is 8.31. The second-order valence-corrected chi connectivity index (χ2v) is 3.30. The number of aryl methyl sites for hydroxylation is 1. The van der Waals surface area contributed by atoms with Crippen molar-refractivity contribution in [2.75, 3.05) is 0 Å². The van der Waals surface area contributed by atoms with Crippen molar-refractivity contribution in [3.05, 3.63) is 47.8 Å². The number of hydrogen-bond donors (Lipinski definition) is 1. The Kier molecular flexibility index (Phi) is 2.51.